The van der Waals surface area contributed by atoms with E-state index in [1.165, 1.54) is 0 Å². The van der Waals surface area contributed by atoms with E-state index in [1.54, 1.807) is 24.4 Å². The highest BCUT2D eigenvalue weighted by Gasteiger charge is 2.11. The van der Waals surface area contributed by atoms with Crippen LogP contribution in [-0.2, 0) is 6.61 Å². The van der Waals surface area contributed by atoms with Gasteiger partial charge in [-0.05, 0) is 30.3 Å². The number of hydrogen-bond donors (Lipinski definition) is 2. The zero-order valence-electron chi connectivity index (χ0n) is 13.7. The van der Waals surface area contributed by atoms with Gasteiger partial charge < -0.3 is 15.5 Å². The number of nitrogen functional groups attached to an aromatic ring is 1. The summed E-state index contributed by atoms with van der Waals surface area (Å²) in [4.78, 5) is 7.62. The summed E-state index contributed by atoms with van der Waals surface area (Å²) in [6.07, 6.45) is 1.72. The standard InChI is InChI=1S/C20H15Cl2N3O/c21-15-5-3-6-16(22)14(15)11-26-19-9-13(10-24-20(19)23)18-8-12-4-1-2-7-17(12)25-18/h1-10,25H,11H2,(H2,23,24). The molecule has 0 spiro atoms. The lowest BCUT2D eigenvalue weighted by atomic mass is 10.2. The van der Waals surface area contributed by atoms with Crippen molar-refractivity contribution in [2.45, 2.75) is 6.61 Å². The monoisotopic (exact) mass is 383 g/mol. The van der Waals surface area contributed by atoms with Gasteiger partial charge in [0.25, 0.3) is 0 Å². The van der Waals surface area contributed by atoms with Crippen molar-refractivity contribution in [1.29, 1.82) is 0 Å². The second kappa shape index (κ2) is 6.90. The van der Waals surface area contributed by atoms with E-state index in [0.29, 0.717) is 27.2 Å². The average Bonchev–Trinajstić information content (AvgIpc) is 3.07. The van der Waals surface area contributed by atoms with E-state index in [0.717, 1.165) is 22.2 Å². The number of para-hydroxylation sites is 1. The lowest BCUT2D eigenvalue weighted by Crippen LogP contribution is -2.02. The van der Waals surface area contributed by atoms with Gasteiger partial charge in [0.15, 0.2) is 11.6 Å². The minimum absolute atomic E-state index is 0.209. The molecule has 4 rings (SSSR count). The van der Waals surface area contributed by atoms with Gasteiger partial charge in [0.1, 0.15) is 6.61 Å². The van der Waals surface area contributed by atoms with E-state index < -0.39 is 0 Å². The van der Waals surface area contributed by atoms with Crippen molar-refractivity contribution in [3.63, 3.8) is 0 Å². The molecule has 4 aromatic rings. The minimum Gasteiger partial charge on any atom is -0.485 e. The quantitative estimate of drug-likeness (QED) is 0.475. The molecule has 2 aromatic heterocycles. The Balaban J connectivity index is 1.64. The van der Waals surface area contributed by atoms with E-state index in [4.69, 9.17) is 33.7 Å². The minimum atomic E-state index is 0.209. The molecule has 2 aromatic carbocycles. The Labute approximate surface area is 160 Å². The molecule has 0 radical (unpaired) electrons. The molecule has 0 saturated carbocycles. The van der Waals surface area contributed by atoms with E-state index in [2.05, 4.69) is 22.1 Å². The van der Waals surface area contributed by atoms with Gasteiger partial charge in [-0.25, -0.2) is 4.98 Å². The first-order valence-electron chi connectivity index (χ1n) is 8.01. The van der Waals surface area contributed by atoms with Crippen molar-refractivity contribution < 1.29 is 4.74 Å². The van der Waals surface area contributed by atoms with Crippen LogP contribution in [0.1, 0.15) is 5.56 Å². The molecular weight excluding hydrogens is 369 g/mol. The van der Waals surface area contributed by atoms with Crippen LogP contribution in [0.25, 0.3) is 22.2 Å². The summed E-state index contributed by atoms with van der Waals surface area (Å²) in [5, 5.41) is 2.23. The summed E-state index contributed by atoms with van der Waals surface area (Å²) in [7, 11) is 0. The van der Waals surface area contributed by atoms with Gasteiger partial charge >= 0.3 is 0 Å². The Kier molecular flexibility index (Phi) is 4.45. The highest BCUT2D eigenvalue weighted by Crippen LogP contribution is 2.31. The third-order valence-electron chi connectivity index (χ3n) is 4.16. The number of rotatable bonds is 4. The Hall–Kier alpha value is -2.69. The molecule has 0 amide bonds. The maximum atomic E-state index is 6.19. The predicted octanol–water partition coefficient (Wildman–Crippen LogP) is 5.70. The molecule has 130 valence electrons. The number of halogens is 2. The number of aromatic amines is 1. The number of ether oxygens (including phenoxy) is 1. The molecule has 0 aliphatic rings. The Morgan fingerprint density at radius 2 is 1.77 bits per heavy atom. The van der Waals surface area contributed by atoms with Crippen LogP contribution in [0.3, 0.4) is 0 Å². The third kappa shape index (κ3) is 3.21. The van der Waals surface area contributed by atoms with Gasteiger partial charge in [-0.3, -0.25) is 0 Å². The summed E-state index contributed by atoms with van der Waals surface area (Å²) in [6, 6.07) is 17.3. The van der Waals surface area contributed by atoms with Crippen LogP contribution in [0.15, 0.2) is 60.8 Å². The number of pyridine rings is 1. The Bertz CT molecular complexity index is 1040. The first kappa shape index (κ1) is 16.8. The van der Waals surface area contributed by atoms with Crippen molar-refractivity contribution in [3.05, 3.63) is 76.4 Å². The first-order valence-corrected chi connectivity index (χ1v) is 8.77. The van der Waals surface area contributed by atoms with E-state index in [-0.39, 0.29) is 6.61 Å². The van der Waals surface area contributed by atoms with Gasteiger partial charge in [-0.2, -0.15) is 0 Å². The zero-order chi connectivity index (χ0) is 18.1. The van der Waals surface area contributed by atoms with Crippen LogP contribution in [0, 0.1) is 0 Å². The van der Waals surface area contributed by atoms with Crippen molar-refractivity contribution in [3.8, 4) is 17.0 Å². The SMILES string of the molecule is Nc1ncc(-c2cc3ccccc3[nH]2)cc1OCc1c(Cl)cccc1Cl. The summed E-state index contributed by atoms with van der Waals surface area (Å²) < 4.78 is 5.85. The summed E-state index contributed by atoms with van der Waals surface area (Å²) in [6.45, 7) is 0.209. The van der Waals surface area contributed by atoms with Crippen LogP contribution in [0.2, 0.25) is 10.0 Å². The highest BCUT2D eigenvalue weighted by molar-refractivity contribution is 6.35. The lowest BCUT2D eigenvalue weighted by molar-refractivity contribution is 0.307. The molecule has 0 bridgehead atoms. The Morgan fingerprint density at radius 3 is 2.54 bits per heavy atom. The van der Waals surface area contributed by atoms with Crippen LogP contribution in [-0.4, -0.2) is 9.97 Å². The van der Waals surface area contributed by atoms with Crippen LogP contribution in [0.5, 0.6) is 5.75 Å². The Morgan fingerprint density at radius 1 is 1.00 bits per heavy atom. The second-order valence-electron chi connectivity index (χ2n) is 5.87. The number of nitrogens with two attached hydrogens (primary N) is 1. The molecular formula is C20H15Cl2N3O. The van der Waals surface area contributed by atoms with Crippen molar-refractivity contribution in [2.75, 3.05) is 5.73 Å². The molecule has 4 nitrogen and oxygen atoms in total. The van der Waals surface area contributed by atoms with Gasteiger partial charge in [-0.1, -0.05) is 47.5 Å². The maximum Gasteiger partial charge on any atom is 0.166 e. The van der Waals surface area contributed by atoms with Crippen molar-refractivity contribution in [1.82, 2.24) is 9.97 Å². The van der Waals surface area contributed by atoms with Crippen LogP contribution < -0.4 is 10.5 Å². The molecule has 6 heteroatoms. The molecule has 0 atom stereocenters. The normalized spacial score (nSPS) is 11.0. The molecule has 0 aliphatic carbocycles. The molecule has 3 N–H and O–H groups in total. The van der Waals surface area contributed by atoms with Crippen molar-refractivity contribution >= 4 is 39.9 Å². The molecule has 0 aliphatic heterocycles. The largest absolute Gasteiger partial charge is 0.485 e. The molecule has 0 unspecified atom stereocenters. The van der Waals surface area contributed by atoms with Gasteiger partial charge in [0.05, 0.1) is 0 Å². The number of anilines is 1. The van der Waals surface area contributed by atoms with Gasteiger partial charge in [0, 0.05) is 44.0 Å². The lowest BCUT2D eigenvalue weighted by Gasteiger charge is -2.11. The zero-order valence-corrected chi connectivity index (χ0v) is 15.2. The number of fused-ring (bicyclic) bond motifs is 1. The fourth-order valence-corrected chi connectivity index (χ4v) is 3.27. The molecule has 2 heterocycles. The predicted molar refractivity (Wildman–Crippen MR) is 107 cm³/mol. The number of nitrogens with zero attached hydrogens (tertiary/aromatic N) is 1. The number of nitrogens with one attached hydrogen (secondary N) is 1. The molecule has 26 heavy (non-hydrogen) atoms. The van der Waals surface area contributed by atoms with Crippen molar-refractivity contribution in [2.24, 2.45) is 0 Å². The van der Waals surface area contributed by atoms with E-state index >= 15 is 0 Å². The van der Waals surface area contributed by atoms with Crippen LogP contribution >= 0.6 is 23.2 Å². The van der Waals surface area contributed by atoms with E-state index in [9.17, 15) is 0 Å². The van der Waals surface area contributed by atoms with Gasteiger partial charge in [-0.15, -0.1) is 0 Å². The number of H-pyrrole nitrogens is 1. The summed E-state index contributed by atoms with van der Waals surface area (Å²) >= 11 is 12.4. The second-order valence-corrected chi connectivity index (χ2v) is 6.68. The highest BCUT2D eigenvalue weighted by atomic mass is 35.5. The fourth-order valence-electron chi connectivity index (χ4n) is 2.77. The van der Waals surface area contributed by atoms with Crippen LogP contribution in [0.4, 0.5) is 5.82 Å². The summed E-state index contributed by atoms with van der Waals surface area (Å²) in [5.41, 5.74) is 9.57. The molecule has 0 saturated heterocycles. The summed E-state index contributed by atoms with van der Waals surface area (Å²) in [5.74, 6) is 0.796. The number of hydrogen-bond acceptors (Lipinski definition) is 3. The van der Waals surface area contributed by atoms with Gasteiger partial charge in [0.2, 0.25) is 0 Å². The maximum absolute atomic E-state index is 6.19. The first-order chi connectivity index (χ1) is 12.6. The topological polar surface area (TPSA) is 63.9 Å². The fraction of sp³-hybridized carbons (Fsp3) is 0.0500. The molecule has 0 fully saturated rings. The number of benzene rings is 2. The smallest absolute Gasteiger partial charge is 0.166 e. The number of aromatic nitrogens is 2. The third-order valence-corrected chi connectivity index (χ3v) is 4.86. The van der Waals surface area contributed by atoms with E-state index in [1.807, 2.05) is 24.3 Å². The average molecular weight is 384 g/mol.